The Morgan fingerprint density at radius 1 is 1.50 bits per heavy atom. The Bertz CT molecular complexity index is 464. The summed E-state index contributed by atoms with van der Waals surface area (Å²) in [6, 6.07) is 9.67. The number of nitrogens with zero attached hydrogens (tertiary/aromatic N) is 2. The first-order valence-corrected chi connectivity index (χ1v) is 6.18. The molecule has 0 amide bonds. The molecule has 0 spiro atoms. The minimum absolute atomic E-state index is 0.0554. The summed E-state index contributed by atoms with van der Waals surface area (Å²) < 4.78 is 0. The molecule has 2 N–H and O–H groups in total. The topological polar surface area (TPSA) is 59.3 Å². The molecule has 0 bridgehead atoms. The van der Waals surface area contributed by atoms with E-state index in [1.165, 1.54) is 0 Å². The Morgan fingerprint density at radius 3 is 3.00 bits per heavy atom. The lowest BCUT2D eigenvalue weighted by molar-refractivity contribution is 0.179. The van der Waals surface area contributed by atoms with Crippen LogP contribution in [0.2, 0.25) is 0 Å². The molecule has 1 aromatic rings. The zero-order valence-corrected chi connectivity index (χ0v) is 10.8. The quantitative estimate of drug-likeness (QED) is 0.778. The summed E-state index contributed by atoms with van der Waals surface area (Å²) in [6.07, 6.45) is -0.391. The van der Waals surface area contributed by atoms with E-state index in [0.29, 0.717) is 18.7 Å². The highest BCUT2D eigenvalue weighted by molar-refractivity contribution is 5.52. The van der Waals surface area contributed by atoms with Crippen LogP contribution in [0.4, 0.5) is 5.69 Å². The van der Waals surface area contributed by atoms with Crippen molar-refractivity contribution in [2.24, 2.45) is 0 Å². The maximum atomic E-state index is 9.91. The molecule has 0 radical (unpaired) electrons. The van der Waals surface area contributed by atoms with E-state index in [2.05, 4.69) is 30.1 Å². The van der Waals surface area contributed by atoms with Gasteiger partial charge in [0, 0.05) is 30.9 Å². The van der Waals surface area contributed by atoms with Crippen LogP contribution < -0.4 is 10.2 Å². The third-order valence-corrected chi connectivity index (χ3v) is 3.17. The average molecular weight is 245 g/mol. The van der Waals surface area contributed by atoms with Gasteiger partial charge in [0.05, 0.1) is 17.7 Å². The van der Waals surface area contributed by atoms with Crippen LogP contribution in [0.3, 0.4) is 0 Å². The first-order chi connectivity index (χ1) is 8.50. The molecule has 4 nitrogen and oxygen atoms in total. The molecule has 4 heteroatoms. The monoisotopic (exact) mass is 245 g/mol. The number of aliphatic hydroxyl groups is 1. The summed E-state index contributed by atoms with van der Waals surface area (Å²) in [5.74, 6) is 0. The third kappa shape index (κ3) is 3.00. The molecule has 0 aromatic heterocycles. The highest BCUT2D eigenvalue weighted by Crippen LogP contribution is 2.21. The van der Waals surface area contributed by atoms with Crippen LogP contribution >= 0.6 is 0 Å². The first-order valence-electron chi connectivity index (χ1n) is 6.18. The maximum Gasteiger partial charge on any atom is 0.0992 e. The SMILES string of the molecule is CC1(C)CN(c2cccc(C#N)c2)CC(O)CN1. The predicted molar refractivity (Wildman–Crippen MR) is 71.5 cm³/mol. The van der Waals surface area contributed by atoms with Gasteiger partial charge in [0.1, 0.15) is 0 Å². The molecular weight excluding hydrogens is 226 g/mol. The summed E-state index contributed by atoms with van der Waals surface area (Å²) in [6.45, 7) is 6.23. The van der Waals surface area contributed by atoms with Crippen molar-refractivity contribution in [3.63, 3.8) is 0 Å². The molecular formula is C14H19N3O. The van der Waals surface area contributed by atoms with Gasteiger partial charge in [-0.25, -0.2) is 0 Å². The van der Waals surface area contributed by atoms with Crippen LogP contribution in [0.25, 0.3) is 0 Å². The van der Waals surface area contributed by atoms with E-state index in [-0.39, 0.29) is 5.54 Å². The fraction of sp³-hybridized carbons (Fsp3) is 0.500. The van der Waals surface area contributed by atoms with Crippen LogP contribution in [-0.4, -0.2) is 36.4 Å². The van der Waals surface area contributed by atoms with Gasteiger partial charge in [-0.2, -0.15) is 5.26 Å². The molecule has 0 aliphatic carbocycles. The van der Waals surface area contributed by atoms with Gasteiger partial charge in [-0.05, 0) is 32.0 Å². The number of hydrogen-bond donors (Lipinski definition) is 2. The van der Waals surface area contributed by atoms with Crippen molar-refractivity contribution < 1.29 is 5.11 Å². The van der Waals surface area contributed by atoms with Gasteiger partial charge in [0.15, 0.2) is 0 Å². The maximum absolute atomic E-state index is 9.91. The van der Waals surface area contributed by atoms with Gasteiger partial charge in [-0.3, -0.25) is 0 Å². The van der Waals surface area contributed by atoms with Crippen molar-refractivity contribution in [2.75, 3.05) is 24.5 Å². The van der Waals surface area contributed by atoms with E-state index >= 15 is 0 Å². The highest BCUT2D eigenvalue weighted by Gasteiger charge is 2.27. The largest absolute Gasteiger partial charge is 0.390 e. The van der Waals surface area contributed by atoms with Crippen LogP contribution in [0.1, 0.15) is 19.4 Å². The van der Waals surface area contributed by atoms with Gasteiger partial charge >= 0.3 is 0 Å². The van der Waals surface area contributed by atoms with E-state index in [9.17, 15) is 5.11 Å². The number of aliphatic hydroxyl groups excluding tert-OH is 1. The molecule has 1 aliphatic rings. The Kier molecular flexibility index (Phi) is 3.55. The molecule has 1 atom stereocenters. The summed E-state index contributed by atoms with van der Waals surface area (Å²) in [5.41, 5.74) is 1.59. The Hall–Kier alpha value is -1.57. The van der Waals surface area contributed by atoms with Gasteiger partial charge < -0.3 is 15.3 Å². The van der Waals surface area contributed by atoms with Crippen molar-refractivity contribution in [3.05, 3.63) is 29.8 Å². The molecule has 1 saturated heterocycles. The number of β-amino-alcohol motifs (C(OH)–C–C–N with tert-alkyl or cyclic N) is 1. The molecule has 96 valence electrons. The van der Waals surface area contributed by atoms with Crippen molar-refractivity contribution in [1.82, 2.24) is 5.32 Å². The molecule has 1 unspecified atom stereocenters. The van der Waals surface area contributed by atoms with E-state index in [1.807, 2.05) is 18.2 Å². The smallest absolute Gasteiger partial charge is 0.0992 e. The molecule has 0 saturated carbocycles. The minimum Gasteiger partial charge on any atom is -0.390 e. The summed E-state index contributed by atoms with van der Waals surface area (Å²) in [4.78, 5) is 2.13. The molecule has 1 fully saturated rings. The van der Waals surface area contributed by atoms with Crippen molar-refractivity contribution >= 4 is 5.69 Å². The standard InChI is InChI=1S/C14H19N3O/c1-14(2)10-17(9-13(18)8-16-14)12-5-3-4-11(6-12)7-15/h3-6,13,16,18H,8-10H2,1-2H3. The number of anilines is 1. The number of nitriles is 1. The summed E-state index contributed by atoms with van der Waals surface area (Å²) >= 11 is 0. The number of benzene rings is 1. The highest BCUT2D eigenvalue weighted by atomic mass is 16.3. The zero-order chi connectivity index (χ0) is 13.2. The van der Waals surface area contributed by atoms with Gasteiger partial charge in [0.2, 0.25) is 0 Å². The second-order valence-corrected chi connectivity index (χ2v) is 5.46. The van der Waals surface area contributed by atoms with Crippen LogP contribution in [0, 0.1) is 11.3 Å². The zero-order valence-electron chi connectivity index (χ0n) is 10.8. The fourth-order valence-electron chi connectivity index (χ4n) is 2.28. The van der Waals surface area contributed by atoms with Crippen molar-refractivity contribution in [3.8, 4) is 6.07 Å². The van der Waals surface area contributed by atoms with Crippen LogP contribution in [0.5, 0.6) is 0 Å². The van der Waals surface area contributed by atoms with E-state index in [1.54, 1.807) is 6.07 Å². The van der Waals surface area contributed by atoms with Gasteiger partial charge in [-0.15, -0.1) is 0 Å². The Morgan fingerprint density at radius 2 is 2.28 bits per heavy atom. The number of hydrogen-bond acceptors (Lipinski definition) is 4. The predicted octanol–water partition coefficient (Wildman–Crippen LogP) is 1.11. The Balaban J connectivity index is 2.27. The third-order valence-electron chi connectivity index (χ3n) is 3.17. The van der Waals surface area contributed by atoms with Crippen molar-refractivity contribution in [2.45, 2.75) is 25.5 Å². The summed E-state index contributed by atoms with van der Waals surface area (Å²) in [5, 5.41) is 22.2. The van der Waals surface area contributed by atoms with Crippen molar-refractivity contribution in [1.29, 1.82) is 5.26 Å². The second kappa shape index (κ2) is 4.97. The number of rotatable bonds is 1. The molecule has 2 rings (SSSR count). The fourth-order valence-corrected chi connectivity index (χ4v) is 2.28. The molecule has 18 heavy (non-hydrogen) atoms. The minimum atomic E-state index is -0.391. The van der Waals surface area contributed by atoms with Crippen LogP contribution in [0.15, 0.2) is 24.3 Å². The Labute approximate surface area is 108 Å². The lowest BCUT2D eigenvalue weighted by atomic mass is 10.1. The number of nitrogens with one attached hydrogen (secondary N) is 1. The average Bonchev–Trinajstić information content (AvgIpc) is 2.48. The normalized spacial score (nSPS) is 23.2. The van der Waals surface area contributed by atoms with E-state index in [0.717, 1.165) is 12.2 Å². The lowest BCUT2D eigenvalue weighted by Gasteiger charge is -2.31. The second-order valence-electron chi connectivity index (χ2n) is 5.46. The first kappa shape index (κ1) is 12.9. The lowest BCUT2D eigenvalue weighted by Crippen LogP contribution is -2.46. The molecule has 1 heterocycles. The molecule has 1 aliphatic heterocycles. The van der Waals surface area contributed by atoms with Gasteiger partial charge in [0.25, 0.3) is 0 Å². The van der Waals surface area contributed by atoms with E-state index in [4.69, 9.17) is 5.26 Å². The van der Waals surface area contributed by atoms with Crippen LogP contribution in [-0.2, 0) is 0 Å². The van der Waals surface area contributed by atoms with Gasteiger partial charge in [-0.1, -0.05) is 6.07 Å². The summed E-state index contributed by atoms with van der Waals surface area (Å²) in [7, 11) is 0. The van der Waals surface area contributed by atoms with E-state index < -0.39 is 6.10 Å². The molecule has 1 aromatic carbocycles.